The number of rotatable bonds is 8. The molecule has 1 aromatic carbocycles. The Morgan fingerprint density at radius 3 is 2.50 bits per heavy atom. The summed E-state index contributed by atoms with van der Waals surface area (Å²) in [6, 6.07) is 8.13. The molecule has 0 aromatic heterocycles. The summed E-state index contributed by atoms with van der Waals surface area (Å²) in [5.41, 5.74) is 0. The molecule has 1 aliphatic rings. The summed E-state index contributed by atoms with van der Waals surface area (Å²) in [4.78, 5) is 0. The highest BCUT2D eigenvalue weighted by Gasteiger charge is 2.16. The van der Waals surface area contributed by atoms with Crippen molar-refractivity contribution in [3.05, 3.63) is 24.3 Å². The van der Waals surface area contributed by atoms with Gasteiger partial charge in [0.1, 0.15) is 12.7 Å². The van der Waals surface area contributed by atoms with E-state index in [1.54, 1.807) is 0 Å². The van der Waals surface area contributed by atoms with Crippen molar-refractivity contribution >= 4 is 0 Å². The fraction of sp³-hybridized carbons (Fsp3) is 0.625. The maximum absolute atomic E-state index is 9.96. The second-order valence-electron chi connectivity index (χ2n) is 5.23. The third-order valence-corrected chi connectivity index (χ3v) is 3.58. The molecule has 0 saturated heterocycles. The molecule has 2 N–H and O–H groups in total. The topological polar surface area (TPSA) is 50.7 Å². The average molecular weight is 279 g/mol. The quantitative estimate of drug-likeness (QED) is 0.767. The highest BCUT2D eigenvalue weighted by molar-refractivity contribution is 5.39. The maximum atomic E-state index is 9.96. The number of benzene rings is 1. The van der Waals surface area contributed by atoms with Gasteiger partial charge in [-0.1, -0.05) is 25.0 Å². The monoisotopic (exact) mass is 279 g/mol. The summed E-state index contributed by atoms with van der Waals surface area (Å²) < 4.78 is 11.1. The largest absolute Gasteiger partial charge is 0.490 e. The van der Waals surface area contributed by atoms with Crippen molar-refractivity contribution < 1.29 is 14.6 Å². The Balaban J connectivity index is 1.73. The summed E-state index contributed by atoms with van der Waals surface area (Å²) in [5, 5.41) is 13.4. The zero-order chi connectivity index (χ0) is 14.2. The maximum Gasteiger partial charge on any atom is 0.161 e. The minimum absolute atomic E-state index is 0.282. The third kappa shape index (κ3) is 4.69. The van der Waals surface area contributed by atoms with Crippen LogP contribution < -0.4 is 14.8 Å². The Kier molecular flexibility index (Phi) is 6.15. The Bertz CT molecular complexity index is 391. The van der Waals surface area contributed by atoms with Crippen LogP contribution in [-0.4, -0.2) is 37.0 Å². The van der Waals surface area contributed by atoms with Crippen LogP contribution in [0.25, 0.3) is 0 Å². The number of aliphatic hydroxyl groups excluding tert-OH is 1. The summed E-state index contributed by atoms with van der Waals surface area (Å²) in [6.07, 6.45) is 4.55. The van der Waals surface area contributed by atoms with Crippen molar-refractivity contribution in [2.45, 2.75) is 44.8 Å². The van der Waals surface area contributed by atoms with Gasteiger partial charge in [0.05, 0.1) is 6.61 Å². The van der Waals surface area contributed by atoms with Crippen molar-refractivity contribution in [2.24, 2.45) is 0 Å². The van der Waals surface area contributed by atoms with E-state index in [4.69, 9.17) is 9.47 Å². The van der Waals surface area contributed by atoms with Gasteiger partial charge in [-0.3, -0.25) is 0 Å². The number of ether oxygens (including phenoxy) is 2. The Morgan fingerprint density at radius 2 is 1.85 bits per heavy atom. The van der Waals surface area contributed by atoms with Gasteiger partial charge in [-0.15, -0.1) is 0 Å². The van der Waals surface area contributed by atoms with Gasteiger partial charge in [0.25, 0.3) is 0 Å². The molecule has 112 valence electrons. The molecule has 0 amide bonds. The molecule has 0 spiro atoms. The summed E-state index contributed by atoms with van der Waals surface area (Å²) in [5.74, 6) is 1.42. The lowest BCUT2D eigenvalue weighted by Gasteiger charge is -2.17. The first-order valence-corrected chi connectivity index (χ1v) is 7.55. The van der Waals surface area contributed by atoms with Gasteiger partial charge in [-0.05, 0) is 31.9 Å². The SMILES string of the molecule is CCOc1ccccc1OC[C@@H](O)CNC1CCCC1. The second kappa shape index (κ2) is 8.12. The first-order chi connectivity index (χ1) is 9.79. The van der Waals surface area contributed by atoms with Crippen molar-refractivity contribution in [3.8, 4) is 11.5 Å². The van der Waals surface area contributed by atoms with E-state index in [9.17, 15) is 5.11 Å². The molecule has 1 saturated carbocycles. The highest BCUT2D eigenvalue weighted by Crippen LogP contribution is 2.26. The predicted octanol–water partition coefficient (Wildman–Crippen LogP) is 2.36. The number of hydrogen-bond donors (Lipinski definition) is 2. The highest BCUT2D eigenvalue weighted by atomic mass is 16.5. The first kappa shape index (κ1) is 15.1. The molecule has 1 atom stereocenters. The van der Waals surface area contributed by atoms with E-state index in [0.717, 1.165) is 5.75 Å². The Hall–Kier alpha value is -1.26. The average Bonchev–Trinajstić information content (AvgIpc) is 2.98. The van der Waals surface area contributed by atoms with Crippen LogP contribution in [0.1, 0.15) is 32.6 Å². The van der Waals surface area contributed by atoms with E-state index in [1.807, 2.05) is 31.2 Å². The van der Waals surface area contributed by atoms with Crippen LogP contribution in [0.4, 0.5) is 0 Å². The lowest BCUT2D eigenvalue weighted by molar-refractivity contribution is 0.101. The van der Waals surface area contributed by atoms with Crippen molar-refractivity contribution in [1.82, 2.24) is 5.32 Å². The summed E-state index contributed by atoms with van der Waals surface area (Å²) in [6.45, 7) is 3.41. The van der Waals surface area contributed by atoms with E-state index in [1.165, 1.54) is 25.7 Å². The number of nitrogens with one attached hydrogen (secondary N) is 1. The molecule has 1 aromatic rings. The van der Waals surface area contributed by atoms with Crippen LogP contribution in [0.3, 0.4) is 0 Å². The molecule has 0 bridgehead atoms. The van der Waals surface area contributed by atoms with Gasteiger partial charge < -0.3 is 19.9 Å². The van der Waals surface area contributed by atoms with Crippen molar-refractivity contribution in [3.63, 3.8) is 0 Å². The predicted molar refractivity (Wildman–Crippen MR) is 79.4 cm³/mol. The van der Waals surface area contributed by atoms with E-state index < -0.39 is 6.10 Å². The lowest BCUT2D eigenvalue weighted by atomic mass is 10.2. The zero-order valence-electron chi connectivity index (χ0n) is 12.2. The van der Waals surface area contributed by atoms with Gasteiger partial charge in [-0.25, -0.2) is 0 Å². The minimum Gasteiger partial charge on any atom is -0.490 e. The molecule has 0 aliphatic heterocycles. The molecule has 20 heavy (non-hydrogen) atoms. The van der Waals surface area contributed by atoms with Crippen LogP contribution in [0.2, 0.25) is 0 Å². The molecule has 2 rings (SSSR count). The molecule has 1 fully saturated rings. The van der Waals surface area contributed by atoms with Gasteiger partial charge >= 0.3 is 0 Å². The third-order valence-electron chi connectivity index (χ3n) is 3.58. The lowest BCUT2D eigenvalue weighted by Crippen LogP contribution is -2.36. The number of hydrogen-bond acceptors (Lipinski definition) is 4. The molecule has 1 aliphatic carbocycles. The second-order valence-corrected chi connectivity index (χ2v) is 5.23. The van der Waals surface area contributed by atoms with Crippen molar-refractivity contribution in [1.29, 1.82) is 0 Å². The van der Waals surface area contributed by atoms with E-state index in [0.29, 0.717) is 24.9 Å². The van der Waals surface area contributed by atoms with Crippen LogP contribution in [0.15, 0.2) is 24.3 Å². The standard InChI is InChI=1S/C16H25NO3/c1-2-19-15-9-5-6-10-16(15)20-12-14(18)11-17-13-7-3-4-8-13/h5-6,9-10,13-14,17-18H,2-4,7-8,11-12H2,1H3/t14-/m0/s1. The molecule has 0 radical (unpaired) electrons. The Labute approximate surface area is 121 Å². The van der Waals surface area contributed by atoms with E-state index >= 15 is 0 Å². The van der Waals surface area contributed by atoms with Gasteiger partial charge in [-0.2, -0.15) is 0 Å². The first-order valence-electron chi connectivity index (χ1n) is 7.55. The summed E-state index contributed by atoms with van der Waals surface area (Å²) >= 11 is 0. The van der Waals surface area contributed by atoms with Crippen LogP contribution in [-0.2, 0) is 0 Å². The minimum atomic E-state index is -0.495. The fourth-order valence-corrected chi connectivity index (χ4v) is 2.52. The number of para-hydroxylation sites is 2. The van der Waals surface area contributed by atoms with Crippen molar-refractivity contribution in [2.75, 3.05) is 19.8 Å². The Morgan fingerprint density at radius 1 is 1.20 bits per heavy atom. The fourth-order valence-electron chi connectivity index (χ4n) is 2.52. The van der Waals surface area contributed by atoms with Gasteiger partial charge in [0.2, 0.25) is 0 Å². The summed E-state index contributed by atoms with van der Waals surface area (Å²) in [7, 11) is 0. The van der Waals surface area contributed by atoms with E-state index in [2.05, 4.69) is 5.32 Å². The molecule has 0 unspecified atom stereocenters. The van der Waals surface area contributed by atoms with Gasteiger partial charge in [0, 0.05) is 12.6 Å². The van der Waals surface area contributed by atoms with Gasteiger partial charge in [0.15, 0.2) is 11.5 Å². The zero-order valence-corrected chi connectivity index (χ0v) is 12.2. The molecular formula is C16H25NO3. The molecule has 4 heteroatoms. The van der Waals surface area contributed by atoms with Crippen LogP contribution in [0.5, 0.6) is 11.5 Å². The molecular weight excluding hydrogens is 254 g/mol. The van der Waals surface area contributed by atoms with Crippen LogP contribution in [0, 0.1) is 0 Å². The normalized spacial score (nSPS) is 17.1. The smallest absolute Gasteiger partial charge is 0.161 e. The molecule has 0 heterocycles. The van der Waals surface area contributed by atoms with Crippen LogP contribution >= 0.6 is 0 Å². The van der Waals surface area contributed by atoms with E-state index in [-0.39, 0.29) is 6.61 Å². The molecule has 4 nitrogen and oxygen atoms in total. The number of aliphatic hydroxyl groups is 1.